The Labute approximate surface area is 146 Å². The van der Waals surface area contributed by atoms with Crippen molar-refractivity contribution < 1.29 is 19.0 Å². The number of carbonyl (C=O) groups is 1. The van der Waals surface area contributed by atoms with Gasteiger partial charge in [0.05, 0.1) is 18.4 Å². The van der Waals surface area contributed by atoms with Crippen LogP contribution in [0.25, 0.3) is 11.3 Å². The zero-order valence-electron chi connectivity index (χ0n) is 14.7. The van der Waals surface area contributed by atoms with Crippen LogP contribution in [-0.2, 0) is 16.1 Å². The van der Waals surface area contributed by atoms with Crippen molar-refractivity contribution in [1.82, 2.24) is 14.9 Å². The number of carbonyl (C=O) groups excluding carboxylic acids is 1. The number of fused-ring (bicyclic) bond motifs is 1. The molecule has 1 aromatic carbocycles. The second-order valence-electron chi connectivity index (χ2n) is 6.06. The quantitative estimate of drug-likeness (QED) is 0.835. The number of hydrogen-bond acceptors (Lipinski definition) is 5. The molecule has 1 N–H and O–H groups in total. The molecule has 0 fully saturated rings. The molecule has 2 aromatic rings. The Hall–Kier alpha value is -2.54. The lowest BCUT2D eigenvalue weighted by Gasteiger charge is -2.25. The molecule has 0 saturated carbocycles. The van der Waals surface area contributed by atoms with Gasteiger partial charge in [-0.25, -0.2) is 4.98 Å². The number of amides is 1. The molecule has 0 saturated heterocycles. The molecule has 134 valence electrons. The van der Waals surface area contributed by atoms with E-state index in [9.17, 15) is 4.79 Å². The van der Waals surface area contributed by atoms with Crippen molar-refractivity contribution in [3.63, 3.8) is 0 Å². The van der Waals surface area contributed by atoms with Crippen molar-refractivity contribution in [3.05, 3.63) is 30.2 Å². The van der Waals surface area contributed by atoms with E-state index in [1.807, 2.05) is 39.0 Å². The van der Waals surface area contributed by atoms with Crippen molar-refractivity contribution in [1.29, 1.82) is 0 Å². The van der Waals surface area contributed by atoms with Crippen LogP contribution in [0.2, 0.25) is 0 Å². The van der Waals surface area contributed by atoms with E-state index in [-0.39, 0.29) is 25.3 Å². The van der Waals surface area contributed by atoms with Gasteiger partial charge in [0.2, 0.25) is 12.7 Å². The number of aromatic nitrogens is 2. The molecule has 7 nitrogen and oxygen atoms in total. The number of imidazole rings is 1. The lowest BCUT2D eigenvalue weighted by molar-refractivity contribution is -0.138. The highest BCUT2D eigenvalue weighted by atomic mass is 16.7. The van der Waals surface area contributed by atoms with E-state index in [1.165, 1.54) is 0 Å². The molecular formula is C18H23N3O4. The second kappa shape index (κ2) is 7.57. The number of nitrogens with zero attached hydrogens (tertiary/aromatic N) is 2. The first-order valence-corrected chi connectivity index (χ1v) is 8.39. The first-order valence-electron chi connectivity index (χ1n) is 8.39. The van der Waals surface area contributed by atoms with Gasteiger partial charge in [0, 0.05) is 18.2 Å². The van der Waals surface area contributed by atoms with Crippen LogP contribution in [0.3, 0.4) is 0 Å². The van der Waals surface area contributed by atoms with E-state index in [0.717, 1.165) is 28.6 Å². The van der Waals surface area contributed by atoms with Crippen LogP contribution in [0, 0.1) is 0 Å². The van der Waals surface area contributed by atoms with Crippen molar-refractivity contribution in [2.24, 2.45) is 0 Å². The Morgan fingerprint density at radius 2 is 2.16 bits per heavy atom. The van der Waals surface area contributed by atoms with Crippen molar-refractivity contribution in [2.45, 2.75) is 33.4 Å². The van der Waals surface area contributed by atoms with E-state index < -0.39 is 0 Å². The number of nitrogens with one attached hydrogen (secondary N) is 1. The maximum Gasteiger partial charge on any atom is 0.249 e. The summed E-state index contributed by atoms with van der Waals surface area (Å²) in [5, 5.41) is 0. The number of benzene rings is 1. The fourth-order valence-electron chi connectivity index (χ4n) is 2.65. The maximum atomic E-state index is 12.3. The van der Waals surface area contributed by atoms with Crippen LogP contribution in [0.4, 0.5) is 0 Å². The van der Waals surface area contributed by atoms with Crippen molar-refractivity contribution >= 4 is 5.91 Å². The highest BCUT2D eigenvalue weighted by Crippen LogP contribution is 2.35. The predicted octanol–water partition coefficient (Wildman–Crippen LogP) is 2.58. The highest BCUT2D eigenvalue weighted by molar-refractivity contribution is 5.77. The highest BCUT2D eigenvalue weighted by Gasteiger charge is 2.19. The van der Waals surface area contributed by atoms with Gasteiger partial charge in [-0.15, -0.1) is 0 Å². The summed E-state index contributed by atoms with van der Waals surface area (Å²) in [5.74, 6) is 2.16. The smallest absolute Gasteiger partial charge is 0.249 e. The van der Waals surface area contributed by atoms with Gasteiger partial charge >= 0.3 is 0 Å². The van der Waals surface area contributed by atoms with Gasteiger partial charge in [0.25, 0.3) is 0 Å². The topological polar surface area (TPSA) is 76.7 Å². The molecule has 0 radical (unpaired) electrons. The van der Waals surface area contributed by atoms with Crippen LogP contribution in [0.5, 0.6) is 11.5 Å². The minimum Gasteiger partial charge on any atom is -0.454 e. The third kappa shape index (κ3) is 3.93. The Bertz CT molecular complexity index is 742. The third-order valence-electron chi connectivity index (χ3n) is 4.01. The molecule has 0 atom stereocenters. The minimum absolute atomic E-state index is 0.0436. The summed E-state index contributed by atoms with van der Waals surface area (Å²) in [7, 11) is 0. The van der Waals surface area contributed by atoms with Crippen LogP contribution in [-0.4, -0.2) is 46.8 Å². The average Bonchev–Trinajstić information content (AvgIpc) is 3.25. The maximum absolute atomic E-state index is 12.3. The Kier molecular flexibility index (Phi) is 5.23. The standard InChI is InChI=1S/C18H23N3O4/c1-4-23-10-18(22)21(12(2)3)9-17-19-8-14(20-17)13-5-6-15-16(7-13)25-11-24-15/h5-8,12H,4,9-11H2,1-3H3,(H,19,20). The van der Waals surface area contributed by atoms with Crippen molar-refractivity contribution in [3.8, 4) is 22.8 Å². The molecule has 1 amide bonds. The number of H-pyrrole nitrogens is 1. The van der Waals surface area contributed by atoms with E-state index in [0.29, 0.717) is 13.2 Å². The molecule has 1 aliphatic heterocycles. The normalized spacial score (nSPS) is 12.6. The second-order valence-corrected chi connectivity index (χ2v) is 6.06. The Morgan fingerprint density at radius 3 is 2.92 bits per heavy atom. The number of rotatable bonds is 7. The zero-order valence-corrected chi connectivity index (χ0v) is 14.7. The van der Waals surface area contributed by atoms with Gasteiger partial charge in [-0.2, -0.15) is 0 Å². The molecule has 0 unspecified atom stereocenters. The van der Waals surface area contributed by atoms with E-state index in [2.05, 4.69) is 9.97 Å². The number of hydrogen-bond donors (Lipinski definition) is 1. The summed E-state index contributed by atoms with van der Waals surface area (Å²) in [6.07, 6.45) is 1.76. The minimum atomic E-state index is -0.0436. The van der Waals surface area contributed by atoms with Crippen LogP contribution in [0.1, 0.15) is 26.6 Å². The molecular weight excluding hydrogens is 322 g/mol. The summed E-state index contributed by atoms with van der Waals surface area (Å²) in [6, 6.07) is 5.81. The Balaban J connectivity index is 1.73. The van der Waals surface area contributed by atoms with Crippen LogP contribution >= 0.6 is 0 Å². The van der Waals surface area contributed by atoms with Gasteiger partial charge < -0.3 is 24.1 Å². The fraction of sp³-hybridized carbons (Fsp3) is 0.444. The summed E-state index contributed by atoms with van der Waals surface area (Å²) >= 11 is 0. The predicted molar refractivity (Wildman–Crippen MR) is 92.3 cm³/mol. The zero-order chi connectivity index (χ0) is 17.8. The van der Waals surface area contributed by atoms with Gasteiger partial charge in [-0.1, -0.05) is 0 Å². The lowest BCUT2D eigenvalue weighted by Crippen LogP contribution is -2.39. The first kappa shape index (κ1) is 17.3. The largest absolute Gasteiger partial charge is 0.454 e. The van der Waals surface area contributed by atoms with Crippen LogP contribution in [0.15, 0.2) is 24.4 Å². The van der Waals surface area contributed by atoms with Gasteiger partial charge in [-0.05, 0) is 39.0 Å². The van der Waals surface area contributed by atoms with Gasteiger partial charge in [0.1, 0.15) is 12.4 Å². The summed E-state index contributed by atoms with van der Waals surface area (Å²) in [5.41, 5.74) is 1.83. The first-order chi connectivity index (χ1) is 12.1. The Morgan fingerprint density at radius 1 is 1.36 bits per heavy atom. The molecule has 0 bridgehead atoms. The molecule has 0 spiro atoms. The summed E-state index contributed by atoms with van der Waals surface area (Å²) in [4.78, 5) is 21.7. The fourth-order valence-corrected chi connectivity index (χ4v) is 2.65. The van der Waals surface area contributed by atoms with E-state index in [4.69, 9.17) is 14.2 Å². The number of aromatic amines is 1. The monoisotopic (exact) mass is 345 g/mol. The van der Waals surface area contributed by atoms with Gasteiger partial charge in [-0.3, -0.25) is 4.79 Å². The van der Waals surface area contributed by atoms with Crippen LogP contribution < -0.4 is 9.47 Å². The number of ether oxygens (including phenoxy) is 3. The molecule has 2 heterocycles. The van der Waals surface area contributed by atoms with Gasteiger partial charge in [0.15, 0.2) is 11.5 Å². The molecule has 3 rings (SSSR count). The molecule has 1 aliphatic rings. The average molecular weight is 345 g/mol. The van der Waals surface area contributed by atoms with E-state index >= 15 is 0 Å². The molecule has 25 heavy (non-hydrogen) atoms. The lowest BCUT2D eigenvalue weighted by atomic mass is 10.1. The summed E-state index contributed by atoms with van der Waals surface area (Å²) < 4.78 is 16.0. The summed E-state index contributed by atoms with van der Waals surface area (Å²) in [6.45, 7) is 7.10. The molecule has 7 heteroatoms. The third-order valence-corrected chi connectivity index (χ3v) is 4.01. The van der Waals surface area contributed by atoms with E-state index in [1.54, 1.807) is 11.1 Å². The SMILES string of the molecule is CCOCC(=O)N(Cc1ncc(-c2ccc3c(c2)OCO3)[nH]1)C(C)C. The molecule has 0 aliphatic carbocycles. The van der Waals surface area contributed by atoms with Crippen molar-refractivity contribution in [2.75, 3.05) is 20.0 Å². The molecule has 1 aromatic heterocycles.